The second-order valence-corrected chi connectivity index (χ2v) is 4.81. The molecule has 1 heterocycles. The van der Waals surface area contributed by atoms with Gasteiger partial charge in [0.2, 0.25) is 0 Å². The molecule has 1 aromatic carbocycles. The summed E-state index contributed by atoms with van der Waals surface area (Å²) in [6.07, 6.45) is 0. The first-order valence-corrected chi connectivity index (χ1v) is 6.52. The van der Waals surface area contributed by atoms with Crippen molar-refractivity contribution < 1.29 is 13.9 Å². The summed E-state index contributed by atoms with van der Waals surface area (Å²) in [5.41, 5.74) is 3.49. The fourth-order valence-corrected chi connectivity index (χ4v) is 2.03. The van der Waals surface area contributed by atoms with Crippen molar-refractivity contribution in [3.63, 3.8) is 0 Å². The van der Waals surface area contributed by atoms with E-state index in [1.807, 2.05) is 19.1 Å². The molecule has 0 aliphatic heterocycles. The fourth-order valence-electron chi connectivity index (χ4n) is 2.03. The van der Waals surface area contributed by atoms with E-state index in [0.717, 1.165) is 5.56 Å². The smallest absolute Gasteiger partial charge is 0.287 e. The second-order valence-electron chi connectivity index (χ2n) is 4.81. The Kier molecular flexibility index (Phi) is 4.58. The van der Waals surface area contributed by atoms with Crippen molar-refractivity contribution in [2.24, 2.45) is 0 Å². The molecule has 0 aliphatic rings. The van der Waals surface area contributed by atoms with Crippen LogP contribution in [0.1, 0.15) is 33.0 Å². The fraction of sp³-hybridized carbons (Fsp3) is 0.312. The lowest BCUT2D eigenvalue weighted by molar-refractivity contribution is 0.0914. The third-order valence-corrected chi connectivity index (χ3v) is 3.11. The largest absolute Gasteiger partial charge is 0.453 e. The number of nitrogens with one attached hydrogen (secondary N) is 1. The monoisotopic (exact) mass is 273 g/mol. The van der Waals surface area contributed by atoms with Crippen LogP contribution in [0, 0.1) is 13.8 Å². The Morgan fingerprint density at radius 1 is 1.25 bits per heavy atom. The number of methoxy groups -OCH3 is 1. The molecule has 0 bridgehead atoms. The second kappa shape index (κ2) is 6.39. The highest BCUT2D eigenvalue weighted by molar-refractivity contribution is 5.91. The maximum Gasteiger partial charge on any atom is 0.287 e. The Bertz CT molecular complexity index is 602. The quantitative estimate of drug-likeness (QED) is 0.911. The van der Waals surface area contributed by atoms with Crippen LogP contribution in [0.25, 0.3) is 0 Å². The minimum absolute atomic E-state index is 0.215. The van der Waals surface area contributed by atoms with E-state index in [4.69, 9.17) is 9.15 Å². The summed E-state index contributed by atoms with van der Waals surface area (Å²) in [5.74, 6) is 0.735. The number of amides is 1. The average molecular weight is 273 g/mol. The van der Waals surface area contributed by atoms with E-state index in [1.165, 1.54) is 11.1 Å². The van der Waals surface area contributed by atoms with Gasteiger partial charge >= 0.3 is 0 Å². The van der Waals surface area contributed by atoms with E-state index >= 15 is 0 Å². The molecular weight excluding hydrogens is 254 g/mol. The van der Waals surface area contributed by atoms with Crippen molar-refractivity contribution in [2.75, 3.05) is 7.11 Å². The van der Waals surface area contributed by atoms with Gasteiger partial charge in [-0.1, -0.05) is 23.8 Å². The number of hydrogen-bond acceptors (Lipinski definition) is 3. The van der Waals surface area contributed by atoms with Gasteiger partial charge in [-0.15, -0.1) is 0 Å². The van der Waals surface area contributed by atoms with E-state index in [1.54, 1.807) is 19.2 Å². The molecule has 106 valence electrons. The molecule has 20 heavy (non-hydrogen) atoms. The number of rotatable bonds is 5. The maximum absolute atomic E-state index is 12.0. The third-order valence-electron chi connectivity index (χ3n) is 3.11. The molecule has 4 nitrogen and oxygen atoms in total. The summed E-state index contributed by atoms with van der Waals surface area (Å²) in [5, 5.41) is 2.86. The molecule has 2 aromatic rings. The van der Waals surface area contributed by atoms with Gasteiger partial charge in [0, 0.05) is 13.7 Å². The van der Waals surface area contributed by atoms with Gasteiger partial charge < -0.3 is 14.5 Å². The summed E-state index contributed by atoms with van der Waals surface area (Å²) in [4.78, 5) is 12.0. The van der Waals surface area contributed by atoms with E-state index in [0.29, 0.717) is 24.7 Å². The van der Waals surface area contributed by atoms with Crippen LogP contribution in [0.2, 0.25) is 0 Å². The van der Waals surface area contributed by atoms with Gasteiger partial charge in [0.1, 0.15) is 12.4 Å². The maximum atomic E-state index is 12.0. The lowest BCUT2D eigenvalue weighted by Crippen LogP contribution is -2.22. The summed E-state index contributed by atoms with van der Waals surface area (Å²) >= 11 is 0. The number of carbonyl (C=O) groups excluding carboxylic acids is 1. The number of aryl methyl sites for hydroxylation is 2. The Morgan fingerprint density at radius 2 is 2.05 bits per heavy atom. The Morgan fingerprint density at radius 3 is 2.75 bits per heavy atom. The molecule has 1 N–H and O–H groups in total. The van der Waals surface area contributed by atoms with Gasteiger partial charge in [0.05, 0.1) is 0 Å². The molecule has 0 spiro atoms. The highest BCUT2D eigenvalue weighted by Gasteiger charge is 2.11. The van der Waals surface area contributed by atoms with Gasteiger partial charge in [-0.3, -0.25) is 4.79 Å². The molecule has 4 heteroatoms. The molecule has 0 saturated heterocycles. The highest BCUT2D eigenvalue weighted by Crippen LogP contribution is 2.12. The van der Waals surface area contributed by atoms with Gasteiger partial charge in [-0.25, -0.2) is 0 Å². The zero-order valence-corrected chi connectivity index (χ0v) is 12.0. The minimum Gasteiger partial charge on any atom is -0.453 e. The van der Waals surface area contributed by atoms with Crippen LogP contribution in [-0.2, 0) is 17.9 Å². The predicted octanol–water partition coefficient (Wildman–Crippen LogP) is 2.97. The number of furan rings is 1. The first kappa shape index (κ1) is 14.3. The number of benzene rings is 1. The summed E-state index contributed by atoms with van der Waals surface area (Å²) < 4.78 is 10.3. The zero-order valence-electron chi connectivity index (χ0n) is 12.0. The van der Waals surface area contributed by atoms with E-state index in [9.17, 15) is 4.79 Å². The lowest BCUT2D eigenvalue weighted by Gasteiger charge is -2.07. The van der Waals surface area contributed by atoms with Gasteiger partial charge in [0.25, 0.3) is 5.91 Å². The van der Waals surface area contributed by atoms with Gasteiger partial charge in [0.15, 0.2) is 5.76 Å². The molecule has 0 atom stereocenters. The highest BCUT2D eigenvalue weighted by atomic mass is 16.5. The topological polar surface area (TPSA) is 51.5 Å². The Hall–Kier alpha value is -2.07. The first-order chi connectivity index (χ1) is 9.60. The summed E-state index contributed by atoms with van der Waals surface area (Å²) in [6, 6.07) is 9.58. The van der Waals surface area contributed by atoms with Gasteiger partial charge in [-0.05, 0) is 37.1 Å². The molecule has 2 rings (SSSR count). The van der Waals surface area contributed by atoms with Crippen molar-refractivity contribution in [1.29, 1.82) is 0 Å². The van der Waals surface area contributed by atoms with Crippen molar-refractivity contribution in [3.8, 4) is 0 Å². The minimum atomic E-state index is -0.215. The van der Waals surface area contributed by atoms with Crippen LogP contribution in [0.15, 0.2) is 34.7 Å². The predicted molar refractivity (Wildman–Crippen MR) is 76.5 cm³/mol. The van der Waals surface area contributed by atoms with E-state index in [2.05, 4.69) is 18.3 Å². The van der Waals surface area contributed by atoms with Crippen LogP contribution in [0.3, 0.4) is 0 Å². The van der Waals surface area contributed by atoms with E-state index in [-0.39, 0.29) is 5.91 Å². The van der Waals surface area contributed by atoms with Crippen LogP contribution in [0.4, 0.5) is 0 Å². The molecule has 1 amide bonds. The van der Waals surface area contributed by atoms with Crippen molar-refractivity contribution >= 4 is 5.91 Å². The summed E-state index contributed by atoms with van der Waals surface area (Å²) in [6.45, 7) is 4.95. The molecule has 0 fully saturated rings. The van der Waals surface area contributed by atoms with E-state index < -0.39 is 0 Å². The number of carbonyl (C=O) groups is 1. The van der Waals surface area contributed by atoms with Crippen LogP contribution >= 0.6 is 0 Å². The third kappa shape index (κ3) is 3.48. The molecule has 0 radical (unpaired) electrons. The van der Waals surface area contributed by atoms with Crippen LogP contribution in [0.5, 0.6) is 0 Å². The number of hydrogen-bond donors (Lipinski definition) is 1. The van der Waals surface area contributed by atoms with Crippen LogP contribution < -0.4 is 5.32 Å². The van der Waals surface area contributed by atoms with Crippen molar-refractivity contribution in [3.05, 3.63) is 58.5 Å². The lowest BCUT2D eigenvalue weighted by atomic mass is 10.1. The average Bonchev–Trinajstić information content (AvgIpc) is 2.86. The molecule has 0 saturated carbocycles. The van der Waals surface area contributed by atoms with Gasteiger partial charge in [-0.2, -0.15) is 0 Å². The standard InChI is InChI=1S/C16H19NO3/c1-11-4-5-13(12(2)8-11)9-17-16(18)15-7-6-14(20-15)10-19-3/h4-8H,9-10H2,1-3H3,(H,17,18). The van der Waals surface area contributed by atoms with Crippen LogP contribution in [-0.4, -0.2) is 13.0 Å². The molecular formula is C16H19NO3. The molecule has 1 aromatic heterocycles. The Balaban J connectivity index is 1.97. The van der Waals surface area contributed by atoms with Crippen molar-refractivity contribution in [2.45, 2.75) is 27.0 Å². The number of ether oxygens (including phenoxy) is 1. The normalized spacial score (nSPS) is 10.6. The molecule has 0 aliphatic carbocycles. The zero-order chi connectivity index (χ0) is 14.5. The molecule has 0 unspecified atom stereocenters. The summed E-state index contributed by atoms with van der Waals surface area (Å²) in [7, 11) is 1.59. The Labute approximate surface area is 118 Å². The van der Waals surface area contributed by atoms with Crippen molar-refractivity contribution in [1.82, 2.24) is 5.32 Å². The SMILES string of the molecule is COCc1ccc(C(=O)NCc2ccc(C)cc2C)o1. The first-order valence-electron chi connectivity index (χ1n) is 6.52.